The van der Waals surface area contributed by atoms with Crippen molar-refractivity contribution in [3.05, 3.63) is 42.2 Å². The summed E-state index contributed by atoms with van der Waals surface area (Å²) in [6, 6.07) is 10.9. The van der Waals surface area contributed by atoms with E-state index in [0.29, 0.717) is 40.8 Å². The summed E-state index contributed by atoms with van der Waals surface area (Å²) in [7, 11) is 1.37. The standard InChI is InChI=1S/C31H41N7O5/c1-20(2)28(31(40)41-3)26-19-27(36-43-26)42-17-9-5-4-8-14-37-15-12-21(13-16-37)38-24-18-23(22-10-6-7-11-25(22)39)33-34-29(24)30(32)35-38/h6-7,10-11,18-21,28,39H,4-5,8-9,12-17H2,1-3H3,(H2,32,35). The Morgan fingerprint density at radius 1 is 1.12 bits per heavy atom. The normalized spacial score (nSPS) is 15.3. The number of aromatic nitrogens is 5. The molecule has 4 aromatic rings. The number of piperidine rings is 1. The van der Waals surface area contributed by atoms with Gasteiger partial charge in [0, 0.05) is 24.7 Å². The number of esters is 1. The molecule has 0 amide bonds. The Morgan fingerprint density at radius 3 is 2.63 bits per heavy atom. The van der Waals surface area contributed by atoms with Crippen molar-refractivity contribution in [1.29, 1.82) is 0 Å². The Hall–Kier alpha value is -4.19. The largest absolute Gasteiger partial charge is 0.507 e. The maximum atomic E-state index is 12.1. The number of nitrogens with two attached hydrogens (primary N) is 1. The number of anilines is 1. The molecule has 0 radical (unpaired) electrons. The number of fused-ring (bicyclic) bond motifs is 1. The number of unbranched alkanes of at least 4 members (excludes halogenated alkanes) is 3. The van der Waals surface area contributed by atoms with Gasteiger partial charge in [-0.05, 0) is 61.5 Å². The first kappa shape index (κ1) is 30.3. The lowest BCUT2D eigenvalue weighted by molar-refractivity contribution is -0.144. The number of phenolic OH excluding ortho intramolecular Hbond substituents is 1. The molecule has 0 aliphatic carbocycles. The van der Waals surface area contributed by atoms with E-state index in [1.165, 1.54) is 7.11 Å². The second-order valence-corrected chi connectivity index (χ2v) is 11.5. The van der Waals surface area contributed by atoms with E-state index in [9.17, 15) is 9.90 Å². The van der Waals surface area contributed by atoms with Gasteiger partial charge in [-0.15, -0.1) is 10.2 Å². The van der Waals surface area contributed by atoms with Crippen molar-refractivity contribution >= 4 is 22.8 Å². The number of hydrogen-bond acceptors (Lipinski definition) is 11. The van der Waals surface area contributed by atoms with Gasteiger partial charge in [0.25, 0.3) is 5.88 Å². The number of hydrogen-bond donors (Lipinski definition) is 2. The highest BCUT2D eigenvalue weighted by atomic mass is 16.5. The molecule has 12 nitrogen and oxygen atoms in total. The van der Waals surface area contributed by atoms with Crippen molar-refractivity contribution in [1.82, 2.24) is 30.0 Å². The third kappa shape index (κ3) is 7.07. The fourth-order valence-corrected chi connectivity index (χ4v) is 5.74. The van der Waals surface area contributed by atoms with Crippen molar-refractivity contribution in [2.45, 2.75) is 64.3 Å². The number of ether oxygens (including phenoxy) is 2. The highest BCUT2D eigenvalue weighted by molar-refractivity contribution is 5.87. The van der Waals surface area contributed by atoms with Crippen LogP contribution in [0.25, 0.3) is 22.3 Å². The van der Waals surface area contributed by atoms with Crippen LogP contribution >= 0.6 is 0 Å². The Kier molecular flexibility index (Phi) is 9.75. The molecule has 5 rings (SSSR count). The molecule has 12 heteroatoms. The summed E-state index contributed by atoms with van der Waals surface area (Å²) in [6.45, 7) is 7.49. The lowest BCUT2D eigenvalue weighted by atomic mass is 9.93. The third-order valence-electron chi connectivity index (χ3n) is 8.12. The van der Waals surface area contributed by atoms with Crippen LogP contribution < -0.4 is 10.5 Å². The second-order valence-electron chi connectivity index (χ2n) is 11.5. The van der Waals surface area contributed by atoms with Crippen molar-refractivity contribution < 1.29 is 23.9 Å². The number of benzene rings is 1. The molecule has 1 aliphatic rings. The number of methoxy groups -OCH3 is 1. The van der Waals surface area contributed by atoms with Crippen LogP contribution in [0.1, 0.15) is 70.1 Å². The van der Waals surface area contributed by atoms with E-state index in [2.05, 4.69) is 25.4 Å². The molecule has 0 bridgehead atoms. The van der Waals surface area contributed by atoms with Gasteiger partial charge in [0.2, 0.25) is 0 Å². The van der Waals surface area contributed by atoms with Crippen LogP contribution in [-0.2, 0) is 9.53 Å². The number of likely N-dealkylation sites (tertiary alicyclic amines) is 1. The van der Waals surface area contributed by atoms with Gasteiger partial charge in [-0.3, -0.25) is 9.48 Å². The van der Waals surface area contributed by atoms with Crippen molar-refractivity contribution in [2.24, 2.45) is 5.92 Å². The summed E-state index contributed by atoms with van der Waals surface area (Å²) in [6.07, 6.45) is 6.20. The molecule has 43 heavy (non-hydrogen) atoms. The minimum absolute atomic E-state index is 0.0301. The predicted octanol–water partition coefficient (Wildman–Crippen LogP) is 4.96. The molecule has 230 valence electrons. The van der Waals surface area contributed by atoms with Crippen molar-refractivity contribution in [3.8, 4) is 22.9 Å². The molecule has 0 spiro atoms. The number of carbonyl (C=O) groups excluding carboxylic acids is 1. The number of rotatable bonds is 13. The highest BCUT2D eigenvalue weighted by Gasteiger charge is 2.29. The first-order valence-corrected chi connectivity index (χ1v) is 15.0. The number of para-hydroxylation sites is 1. The van der Waals surface area contributed by atoms with Gasteiger partial charge >= 0.3 is 5.97 Å². The molecule has 3 aromatic heterocycles. The van der Waals surface area contributed by atoms with Gasteiger partial charge in [-0.1, -0.05) is 38.8 Å². The lowest BCUT2D eigenvalue weighted by Crippen LogP contribution is -2.35. The first-order valence-electron chi connectivity index (χ1n) is 15.0. The predicted molar refractivity (Wildman–Crippen MR) is 162 cm³/mol. The number of nitrogens with zero attached hydrogens (tertiary/aromatic N) is 6. The summed E-state index contributed by atoms with van der Waals surface area (Å²) in [5.74, 6) is 0.614. The molecule has 4 heterocycles. The van der Waals surface area contributed by atoms with Crippen LogP contribution in [0.2, 0.25) is 0 Å². The monoisotopic (exact) mass is 591 g/mol. The molecule has 1 aromatic carbocycles. The minimum Gasteiger partial charge on any atom is -0.507 e. The van der Waals surface area contributed by atoms with Crippen LogP contribution in [0.15, 0.2) is 40.9 Å². The van der Waals surface area contributed by atoms with Gasteiger partial charge in [-0.2, -0.15) is 5.10 Å². The Labute approximate surface area is 251 Å². The zero-order chi connectivity index (χ0) is 30.3. The molecule has 1 fully saturated rings. The number of aromatic hydroxyl groups is 1. The Morgan fingerprint density at radius 2 is 1.88 bits per heavy atom. The summed E-state index contributed by atoms with van der Waals surface area (Å²) < 4.78 is 18.0. The van der Waals surface area contributed by atoms with Crippen molar-refractivity contribution in [3.63, 3.8) is 0 Å². The Bertz CT molecular complexity index is 1510. The molecule has 1 atom stereocenters. The minimum atomic E-state index is -0.492. The number of phenols is 1. The Balaban J connectivity index is 1.03. The summed E-state index contributed by atoms with van der Waals surface area (Å²) >= 11 is 0. The average molecular weight is 592 g/mol. The van der Waals surface area contributed by atoms with Crippen LogP contribution in [0.4, 0.5) is 5.82 Å². The topological polar surface area (TPSA) is 155 Å². The van der Waals surface area contributed by atoms with Gasteiger partial charge in [-0.25, -0.2) is 0 Å². The summed E-state index contributed by atoms with van der Waals surface area (Å²) in [5, 5.41) is 27.5. The molecular formula is C31H41N7O5. The van der Waals surface area contributed by atoms with Crippen molar-refractivity contribution in [2.75, 3.05) is 39.1 Å². The molecule has 1 aliphatic heterocycles. The van der Waals surface area contributed by atoms with Crippen LogP contribution in [0.5, 0.6) is 11.6 Å². The second kappa shape index (κ2) is 13.9. The van der Waals surface area contributed by atoms with Gasteiger partial charge < -0.3 is 29.7 Å². The first-order chi connectivity index (χ1) is 20.9. The molecule has 3 N–H and O–H groups in total. The van der Waals surface area contributed by atoms with E-state index >= 15 is 0 Å². The fraction of sp³-hybridized carbons (Fsp3) is 0.516. The molecular weight excluding hydrogens is 550 g/mol. The number of nitrogen functional groups attached to an aromatic ring is 1. The maximum absolute atomic E-state index is 12.1. The van der Waals surface area contributed by atoms with E-state index in [1.54, 1.807) is 18.2 Å². The maximum Gasteiger partial charge on any atom is 0.316 e. The summed E-state index contributed by atoms with van der Waals surface area (Å²) in [5.41, 5.74) is 8.85. The fourth-order valence-electron chi connectivity index (χ4n) is 5.74. The molecule has 1 saturated heterocycles. The zero-order valence-electron chi connectivity index (χ0n) is 25.1. The van der Waals surface area contributed by atoms with Crippen LogP contribution in [-0.4, -0.2) is 74.5 Å². The van der Waals surface area contributed by atoms with E-state index in [0.717, 1.165) is 63.7 Å². The number of carbonyl (C=O) groups is 1. The van der Waals surface area contributed by atoms with Crippen LogP contribution in [0, 0.1) is 5.92 Å². The van der Waals surface area contributed by atoms with E-state index < -0.39 is 5.92 Å². The van der Waals surface area contributed by atoms with Crippen LogP contribution in [0.3, 0.4) is 0 Å². The quantitative estimate of drug-likeness (QED) is 0.160. The van der Waals surface area contributed by atoms with E-state index in [4.69, 9.17) is 19.7 Å². The lowest BCUT2D eigenvalue weighted by Gasteiger charge is -2.32. The average Bonchev–Trinajstić information content (AvgIpc) is 3.60. The van der Waals surface area contributed by atoms with Gasteiger partial charge in [0.1, 0.15) is 11.7 Å². The third-order valence-corrected chi connectivity index (χ3v) is 8.12. The summed E-state index contributed by atoms with van der Waals surface area (Å²) in [4.78, 5) is 14.6. The SMILES string of the molecule is COC(=O)C(c1cc(OCCCCCCN2CCC(n3nc(N)c4nnc(-c5ccccc5O)cc43)CC2)no1)C(C)C. The molecule has 0 saturated carbocycles. The smallest absolute Gasteiger partial charge is 0.316 e. The van der Waals surface area contributed by atoms with E-state index in [-0.39, 0.29) is 23.7 Å². The van der Waals surface area contributed by atoms with E-state index in [1.807, 2.05) is 36.7 Å². The van der Waals surface area contributed by atoms with Gasteiger partial charge in [0.15, 0.2) is 17.1 Å². The molecule has 1 unspecified atom stereocenters. The van der Waals surface area contributed by atoms with Gasteiger partial charge in [0.05, 0.1) is 31.0 Å². The highest BCUT2D eigenvalue weighted by Crippen LogP contribution is 2.33. The zero-order valence-corrected chi connectivity index (χ0v) is 25.1.